The Labute approximate surface area is 105 Å². The molecule has 0 amide bonds. The SMILES string of the molecule is COC(C)(C)C.OCCNCc1ccccc1. The molecule has 0 fully saturated rings. The number of aliphatic hydroxyl groups excluding tert-OH is 1. The van der Waals surface area contributed by atoms with E-state index in [1.807, 2.05) is 39.0 Å². The molecule has 3 nitrogen and oxygen atoms in total. The fourth-order valence-electron chi connectivity index (χ4n) is 0.908. The molecule has 0 heterocycles. The fraction of sp³-hybridized carbons (Fsp3) is 0.571. The van der Waals surface area contributed by atoms with Gasteiger partial charge in [-0.1, -0.05) is 30.3 Å². The van der Waals surface area contributed by atoms with E-state index in [9.17, 15) is 0 Å². The largest absolute Gasteiger partial charge is 0.395 e. The van der Waals surface area contributed by atoms with Crippen LogP contribution in [-0.4, -0.2) is 31.0 Å². The van der Waals surface area contributed by atoms with E-state index in [1.165, 1.54) is 5.56 Å². The van der Waals surface area contributed by atoms with Gasteiger partial charge in [0.25, 0.3) is 0 Å². The van der Waals surface area contributed by atoms with E-state index in [4.69, 9.17) is 9.84 Å². The lowest BCUT2D eigenvalue weighted by molar-refractivity contribution is 0.0397. The highest BCUT2D eigenvalue weighted by Crippen LogP contribution is 2.02. The molecule has 0 saturated heterocycles. The number of hydrogen-bond donors (Lipinski definition) is 2. The lowest BCUT2D eigenvalue weighted by Crippen LogP contribution is -2.17. The molecule has 0 spiro atoms. The third-order valence-electron chi connectivity index (χ3n) is 2.07. The molecule has 3 heteroatoms. The monoisotopic (exact) mass is 239 g/mol. The minimum Gasteiger partial charge on any atom is -0.395 e. The summed E-state index contributed by atoms with van der Waals surface area (Å²) in [7, 11) is 1.71. The van der Waals surface area contributed by atoms with Gasteiger partial charge < -0.3 is 15.2 Å². The Morgan fingerprint density at radius 2 is 1.71 bits per heavy atom. The molecule has 0 saturated carbocycles. The minimum atomic E-state index is 0.0417. The Bertz CT molecular complexity index is 267. The standard InChI is InChI=1S/C9H13NO.C5H12O/c11-7-6-10-8-9-4-2-1-3-5-9;1-5(2,3)6-4/h1-5,10-11H,6-8H2;1-4H3. The number of rotatable bonds is 4. The highest BCUT2D eigenvalue weighted by Gasteiger charge is 2.04. The Balaban J connectivity index is 0.000000366. The minimum absolute atomic E-state index is 0.0417. The summed E-state index contributed by atoms with van der Waals surface area (Å²) >= 11 is 0. The summed E-state index contributed by atoms with van der Waals surface area (Å²) in [5.74, 6) is 0. The van der Waals surface area contributed by atoms with Crippen LogP contribution in [0.3, 0.4) is 0 Å². The zero-order valence-electron chi connectivity index (χ0n) is 11.4. The van der Waals surface area contributed by atoms with Crippen LogP contribution in [0.25, 0.3) is 0 Å². The number of benzene rings is 1. The van der Waals surface area contributed by atoms with Gasteiger partial charge in [0, 0.05) is 20.2 Å². The summed E-state index contributed by atoms with van der Waals surface area (Å²) in [4.78, 5) is 0. The van der Waals surface area contributed by atoms with Gasteiger partial charge in [0.1, 0.15) is 0 Å². The van der Waals surface area contributed by atoms with Crippen molar-refractivity contribution >= 4 is 0 Å². The summed E-state index contributed by atoms with van der Waals surface area (Å²) in [6.45, 7) is 7.76. The first-order valence-corrected chi connectivity index (χ1v) is 5.90. The second-order valence-electron chi connectivity index (χ2n) is 4.70. The van der Waals surface area contributed by atoms with E-state index in [0.717, 1.165) is 6.54 Å². The molecule has 2 N–H and O–H groups in total. The van der Waals surface area contributed by atoms with Crippen LogP contribution in [0.5, 0.6) is 0 Å². The number of nitrogens with one attached hydrogen (secondary N) is 1. The van der Waals surface area contributed by atoms with Gasteiger partial charge in [-0.15, -0.1) is 0 Å². The number of methoxy groups -OCH3 is 1. The van der Waals surface area contributed by atoms with Crippen molar-refractivity contribution in [3.05, 3.63) is 35.9 Å². The molecule has 0 radical (unpaired) electrons. The van der Waals surface area contributed by atoms with Crippen molar-refractivity contribution in [2.24, 2.45) is 0 Å². The molecule has 0 aliphatic heterocycles. The predicted octanol–water partition coefficient (Wildman–Crippen LogP) is 2.20. The first-order valence-electron chi connectivity index (χ1n) is 5.90. The first kappa shape index (κ1) is 16.1. The molecule has 98 valence electrons. The van der Waals surface area contributed by atoms with Crippen molar-refractivity contribution in [1.29, 1.82) is 0 Å². The second-order valence-corrected chi connectivity index (χ2v) is 4.70. The summed E-state index contributed by atoms with van der Waals surface area (Å²) in [6.07, 6.45) is 0. The molecular weight excluding hydrogens is 214 g/mol. The van der Waals surface area contributed by atoms with Crippen LogP contribution in [0.4, 0.5) is 0 Å². The van der Waals surface area contributed by atoms with Crippen LogP contribution in [0.2, 0.25) is 0 Å². The summed E-state index contributed by atoms with van der Waals surface area (Å²) < 4.78 is 4.94. The first-order chi connectivity index (χ1) is 7.99. The van der Waals surface area contributed by atoms with Crippen molar-refractivity contribution in [3.63, 3.8) is 0 Å². The van der Waals surface area contributed by atoms with E-state index in [1.54, 1.807) is 7.11 Å². The lowest BCUT2D eigenvalue weighted by atomic mass is 10.2. The van der Waals surface area contributed by atoms with Crippen LogP contribution in [-0.2, 0) is 11.3 Å². The van der Waals surface area contributed by atoms with E-state index < -0.39 is 0 Å². The molecular formula is C14H25NO2. The maximum absolute atomic E-state index is 8.48. The van der Waals surface area contributed by atoms with Crippen molar-refractivity contribution < 1.29 is 9.84 Å². The van der Waals surface area contributed by atoms with E-state index in [0.29, 0.717) is 6.54 Å². The highest BCUT2D eigenvalue weighted by atomic mass is 16.5. The van der Waals surface area contributed by atoms with Gasteiger partial charge in [-0.05, 0) is 26.3 Å². The summed E-state index contributed by atoms with van der Waals surface area (Å²) in [5, 5.41) is 11.6. The van der Waals surface area contributed by atoms with Gasteiger partial charge >= 0.3 is 0 Å². The summed E-state index contributed by atoms with van der Waals surface area (Å²) in [5.41, 5.74) is 1.29. The average Bonchev–Trinajstić information content (AvgIpc) is 2.31. The third kappa shape index (κ3) is 11.4. The van der Waals surface area contributed by atoms with Gasteiger partial charge in [-0.25, -0.2) is 0 Å². The van der Waals surface area contributed by atoms with Gasteiger partial charge in [0.2, 0.25) is 0 Å². The Hall–Kier alpha value is -0.900. The van der Waals surface area contributed by atoms with Crippen molar-refractivity contribution in [2.75, 3.05) is 20.3 Å². The van der Waals surface area contributed by atoms with Gasteiger partial charge in [0.15, 0.2) is 0 Å². The Kier molecular flexibility index (Phi) is 8.68. The van der Waals surface area contributed by atoms with Gasteiger partial charge in [0.05, 0.1) is 12.2 Å². The Morgan fingerprint density at radius 3 is 2.12 bits per heavy atom. The molecule has 0 bridgehead atoms. The topological polar surface area (TPSA) is 41.5 Å². The van der Waals surface area contributed by atoms with Crippen LogP contribution in [0, 0.1) is 0 Å². The van der Waals surface area contributed by atoms with E-state index >= 15 is 0 Å². The fourth-order valence-corrected chi connectivity index (χ4v) is 0.908. The smallest absolute Gasteiger partial charge is 0.0594 e. The average molecular weight is 239 g/mol. The Morgan fingerprint density at radius 1 is 1.18 bits per heavy atom. The summed E-state index contributed by atoms with van der Waals surface area (Å²) in [6, 6.07) is 10.1. The molecule has 0 aromatic heterocycles. The molecule has 0 atom stereocenters. The zero-order valence-corrected chi connectivity index (χ0v) is 11.4. The molecule has 0 unspecified atom stereocenters. The van der Waals surface area contributed by atoms with Crippen LogP contribution >= 0.6 is 0 Å². The van der Waals surface area contributed by atoms with Gasteiger partial charge in [-0.2, -0.15) is 0 Å². The molecule has 1 aromatic rings. The zero-order chi connectivity index (χ0) is 13.1. The maximum atomic E-state index is 8.48. The molecule has 17 heavy (non-hydrogen) atoms. The van der Waals surface area contributed by atoms with E-state index in [-0.39, 0.29) is 12.2 Å². The molecule has 0 aliphatic carbocycles. The van der Waals surface area contributed by atoms with E-state index in [2.05, 4.69) is 17.4 Å². The number of ether oxygens (including phenoxy) is 1. The third-order valence-corrected chi connectivity index (χ3v) is 2.07. The van der Waals surface area contributed by atoms with Crippen molar-refractivity contribution in [3.8, 4) is 0 Å². The predicted molar refractivity (Wildman–Crippen MR) is 72.0 cm³/mol. The van der Waals surface area contributed by atoms with Crippen LogP contribution in [0.1, 0.15) is 26.3 Å². The van der Waals surface area contributed by atoms with Gasteiger partial charge in [-0.3, -0.25) is 0 Å². The number of hydrogen-bond acceptors (Lipinski definition) is 3. The highest BCUT2D eigenvalue weighted by molar-refractivity contribution is 5.14. The second kappa shape index (κ2) is 9.16. The van der Waals surface area contributed by atoms with Crippen LogP contribution in [0.15, 0.2) is 30.3 Å². The van der Waals surface area contributed by atoms with Crippen molar-refractivity contribution in [2.45, 2.75) is 32.9 Å². The molecule has 1 rings (SSSR count). The quantitative estimate of drug-likeness (QED) is 0.791. The number of aliphatic hydroxyl groups is 1. The molecule has 1 aromatic carbocycles. The maximum Gasteiger partial charge on any atom is 0.0594 e. The van der Waals surface area contributed by atoms with Crippen LogP contribution < -0.4 is 5.32 Å². The lowest BCUT2D eigenvalue weighted by Gasteiger charge is -2.14. The van der Waals surface area contributed by atoms with Crippen molar-refractivity contribution in [1.82, 2.24) is 5.32 Å². The normalized spacial score (nSPS) is 10.6. The molecule has 0 aliphatic rings.